The van der Waals surface area contributed by atoms with Gasteiger partial charge in [-0.15, -0.1) is 0 Å². The summed E-state index contributed by atoms with van der Waals surface area (Å²) in [5.74, 6) is -18.1. The van der Waals surface area contributed by atoms with Crippen molar-refractivity contribution < 1.29 is 74.6 Å². The van der Waals surface area contributed by atoms with Crippen molar-refractivity contribution in [3.8, 4) is 11.5 Å². The maximum Gasteiger partial charge on any atom is 0.285 e. The molecular weight excluding hydrogens is 634 g/mol. The Labute approximate surface area is 267 Å². The fourth-order valence-electron chi connectivity index (χ4n) is 4.54. The summed E-state index contributed by atoms with van der Waals surface area (Å²) in [5.41, 5.74) is -5.68. The summed E-state index contributed by atoms with van der Waals surface area (Å²) in [6.45, 7) is 3.46. The van der Waals surface area contributed by atoms with Crippen LogP contribution in [0.3, 0.4) is 0 Å². The van der Waals surface area contributed by atoms with Gasteiger partial charge in [0.25, 0.3) is 29.1 Å². The van der Waals surface area contributed by atoms with E-state index < -0.39 is 88.8 Å². The molecule has 1 heterocycles. The SMILES string of the molecule is Bc1c(O)c(O)c(CN2CCOCC2)c(F)c1CN/C(O)=C\CN(C(=O)/C(C)=C(\O)C(=C)O)C(O)(C(=O)NC)C(O)(O)C(O)(O)C=O. The lowest BCUT2D eigenvalue weighted by Crippen LogP contribution is -2.79. The van der Waals surface area contributed by atoms with Gasteiger partial charge in [-0.3, -0.25) is 24.2 Å². The molecule has 1 unspecified atom stereocenters. The lowest BCUT2D eigenvalue weighted by atomic mass is 9.86. The van der Waals surface area contributed by atoms with Crippen LogP contribution in [0.4, 0.5) is 4.39 Å². The van der Waals surface area contributed by atoms with Crippen LogP contribution in [0.1, 0.15) is 18.1 Å². The summed E-state index contributed by atoms with van der Waals surface area (Å²) < 4.78 is 20.9. The molecule has 260 valence electrons. The highest BCUT2D eigenvalue weighted by Gasteiger charge is 2.69. The number of rotatable bonds is 14. The molecule has 20 heteroatoms. The standard InChI is InChI=1S/C27H38BFN4O14/c1-13(20(37)14(2)35)23(40)33(26(44,24(41)30-3)27(45,46)25(42,43)12-34)5-4-17(36)31-10-15-18(28)22(39)21(38)16(19(15)29)11-32-6-8-47-9-7-32/h4,12,31,35-39,42-46H,2,5-11,28H2,1,3H3,(H,30,41)/b17-4+,20-13-. The number of phenols is 2. The second-order valence-electron chi connectivity index (χ2n) is 10.5. The molecule has 0 bridgehead atoms. The second-order valence-corrected chi connectivity index (χ2v) is 10.5. The minimum atomic E-state index is -4.61. The van der Waals surface area contributed by atoms with Crippen LogP contribution in [-0.4, -0.2) is 144 Å². The van der Waals surface area contributed by atoms with Gasteiger partial charge in [0.05, 0.1) is 18.8 Å². The second kappa shape index (κ2) is 15.0. The van der Waals surface area contributed by atoms with Crippen LogP contribution in [0.15, 0.2) is 35.6 Å². The number of phenolic OH excluding ortho intramolecular Hbond substituents is 2. The Hall–Kier alpha value is -4.44. The van der Waals surface area contributed by atoms with E-state index in [2.05, 4.69) is 11.9 Å². The first kappa shape index (κ1) is 38.7. The minimum Gasteiger partial charge on any atom is -0.505 e. The molecule has 18 nitrogen and oxygen atoms in total. The van der Waals surface area contributed by atoms with E-state index in [1.54, 1.807) is 10.2 Å². The number of amides is 2. The number of aldehydes is 1. The quantitative estimate of drug-likeness (QED) is 0.0169. The van der Waals surface area contributed by atoms with Crippen molar-refractivity contribution in [2.45, 2.75) is 37.3 Å². The maximum absolute atomic E-state index is 15.6. The first-order chi connectivity index (χ1) is 21.7. The molecule has 1 fully saturated rings. The Morgan fingerprint density at radius 2 is 1.66 bits per heavy atom. The number of aromatic hydroxyl groups is 2. The number of hydrogen-bond donors (Lipinski definition) is 12. The van der Waals surface area contributed by atoms with E-state index in [4.69, 9.17) is 4.74 Å². The number of carbonyl (C=O) groups excluding carboxylic acids is 3. The number of nitrogens with one attached hydrogen (secondary N) is 2. The molecule has 12 N–H and O–H groups in total. The van der Waals surface area contributed by atoms with E-state index in [0.717, 1.165) is 14.0 Å². The third kappa shape index (κ3) is 7.59. The van der Waals surface area contributed by atoms with Gasteiger partial charge >= 0.3 is 0 Å². The largest absolute Gasteiger partial charge is 0.505 e. The van der Waals surface area contributed by atoms with E-state index in [1.807, 2.05) is 0 Å². The number of benzene rings is 1. The van der Waals surface area contributed by atoms with Crippen molar-refractivity contribution in [1.82, 2.24) is 20.4 Å². The van der Waals surface area contributed by atoms with E-state index in [9.17, 15) is 65.4 Å². The molecule has 2 amide bonds. The minimum absolute atomic E-state index is 0.0964. The van der Waals surface area contributed by atoms with Crippen molar-refractivity contribution >= 4 is 31.4 Å². The van der Waals surface area contributed by atoms with Gasteiger partial charge < -0.3 is 66.4 Å². The topological polar surface area (TPSA) is 293 Å². The lowest BCUT2D eigenvalue weighted by molar-refractivity contribution is -0.398. The molecule has 0 saturated carbocycles. The molecule has 1 aliphatic rings. The highest BCUT2D eigenvalue weighted by atomic mass is 19.1. The highest BCUT2D eigenvalue weighted by molar-refractivity contribution is 6.35. The van der Waals surface area contributed by atoms with E-state index in [1.165, 1.54) is 7.85 Å². The Morgan fingerprint density at radius 1 is 1.09 bits per heavy atom. The average molecular weight is 672 g/mol. The van der Waals surface area contributed by atoms with Gasteiger partial charge in [-0.25, -0.2) is 4.39 Å². The number of nitrogens with zero attached hydrogens (tertiary/aromatic N) is 2. The van der Waals surface area contributed by atoms with Gasteiger partial charge in [0, 0.05) is 50.9 Å². The van der Waals surface area contributed by atoms with Gasteiger partial charge in [-0.2, -0.15) is 0 Å². The molecule has 2 rings (SSSR count). The molecule has 0 radical (unpaired) electrons. The summed E-state index contributed by atoms with van der Waals surface area (Å²) in [6.07, 6.45) is -0.287. The van der Waals surface area contributed by atoms with Gasteiger partial charge in [-0.1, -0.05) is 6.58 Å². The Kier molecular flexibility index (Phi) is 12.4. The van der Waals surface area contributed by atoms with Crippen LogP contribution in [0.25, 0.3) is 0 Å². The molecule has 1 saturated heterocycles. The zero-order valence-electron chi connectivity index (χ0n) is 25.7. The Bertz CT molecular complexity index is 1460. The fraction of sp³-hybridized carbons (Fsp3) is 0.444. The molecule has 0 aliphatic carbocycles. The molecule has 1 aliphatic heterocycles. The number of aliphatic hydroxyl groups is 8. The predicted octanol–water partition coefficient (Wildman–Crippen LogP) is -4.46. The molecule has 1 atom stereocenters. The number of hydrogen-bond acceptors (Lipinski definition) is 16. The van der Waals surface area contributed by atoms with Crippen molar-refractivity contribution in [3.05, 3.63) is 52.6 Å². The summed E-state index contributed by atoms with van der Waals surface area (Å²) in [5, 5.41) is 107. The van der Waals surface area contributed by atoms with Crippen LogP contribution < -0.4 is 16.1 Å². The third-order valence-corrected chi connectivity index (χ3v) is 7.54. The summed E-state index contributed by atoms with van der Waals surface area (Å²) in [4.78, 5) is 39.0. The summed E-state index contributed by atoms with van der Waals surface area (Å²) in [7, 11) is 2.09. The summed E-state index contributed by atoms with van der Waals surface area (Å²) >= 11 is 0. The Balaban J connectivity index is 2.57. The first-order valence-electron chi connectivity index (χ1n) is 13.8. The number of aliphatic hydroxyl groups excluding tert-OH is 3. The first-order valence-corrected chi connectivity index (χ1v) is 13.8. The lowest BCUT2D eigenvalue weighted by Gasteiger charge is -2.47. The van der Waals surface area contributed by atoms with Gasteiger partial charge in [-0.05, 0) is 18.5 Å². The highest BCUT2D eigenvalue weighted by Crippen LogP contribution is 2.35. The number of likely N-dealkylation sites (N-methyl/N-ethyl adjacent to an activating group) is 1. The van der Waals surface area contributed by atoms with Crippen LogP contribution in [0, 0.1) is 5.82 Å². The molecule has 0 spiro atoms. The van der Waals surface area contributed by atoms with Crippen molar-refractivity contribution in [3.63, 3.8) is 0 Å². The Morgan fingerprint density at radius 3 is 2.17 bits per heavy atom. The van der Waals surface area contributed by atoms with Crippen LogP contribution >= 0.6 is 0 Å². The number of ether oxygens (including phenoxy) is 1. The van der Waals surface area contributed by atoms with Gasteiger partial charge in [0.2, 0.25) is 0 Å². The van der Waals surface area contributed by atoms with Gasteiger partial charge in [0.1, 0.15) is 13.7 Å². The normalized spacial score (nSPS) is 16.5. The number of morpholine rings is 1. The van der Waals surface area contributed by atoms with Crippen molar-refractivity contribution in [1.29, 1.82) is 0 Å². The predicted molar refractivity (Wildman–Crippen MR) is 160 cm³/mol. The molecular formula is C27H38BFN4O14. The van der Waals surface area contributed by atoms with Crippen molar-refractivity contribution in [2.75, 3.05) is 39.9 Å². The van der Waals surface area contributed by atoms with Crippen LogP contribution in [0.2, 0.25) is 0 Å². The van der Waals surface area contributed by atoms with Gasteiger partial charge in [0.15, 0.2) is 35.2 Å². The van der Waals surface area contributed by atoms with Crippen molar-refractivity contribution in [2.24, 2.45) is 0 Å². The van der Waals surface area contributed by atoms with E-state index in [0.29, 0.717) is 32.4 Å². The monoisotopic (exact) mass is 672 g/mol. The number of halogens is 1. The zero-order chi connectivity index (χ0) is 36.1. The van der Waals surface area contributed by atoms with E-state index >= 15 is 4.39 Å². The zero-order valence-corrected chi connectivity index (χ0v) is 25.7. The average Bonchev–Trinajstić information content (AvgIpc) is 3.04. The van der Waals surface area contributed by atoms with Crippen LogP contribution in [-0.2, 0) is 32.2 Å². The molecule has 1 aromatic carbocycles. The smallest absolute Gasteiger partial charge is 0.285 e. The molecule has 0 aromatic heterocycles. The van der Waals surface area contributed by atoms with Crippen LogP contribution in [0.5, 0.6) is 11.5 Å². The third-order valence-electron chi connectivity index (χ3n) is 7.54. The maximum atomic E-state index is 15.6. The van der Waals surface area contributed by atoms with E-state index in [-0.39, 0.29) is 28.0 Å². The summed E-state index contributed by atoms with van der Waals surface area (Å²) in [6, 6.07) is 0. The molecule has 1 aromatic rings. The fourth-order valence-corrected chi connectivity index (χ4v) is 4.54. The number of carbonyl (C=O) groups is 3. The molecule has 47 heavy (non-hydrogen) atoms.